The van der Waals surface area contributed by atoms with Gasteiger partial charge in [0.25, 0.3) is 0 Å². The summed E-state index contributed by atoms with van der Waals surface area (Å²) < 4.78 is 55.8. The fraction of sp³-hybridized carbons (Fsp3) is 0.435. The van der Waals surface area contributed by atoms with Crippen molar-refractivity contribution in [3.05, 3.63) is 60.7 Å². The van der Waals surface area contributed by atoms with Gasteiger partial charge in [0, 0.05) is 32.7 Å². The van der Waals surface area contributed by atoms with Crippen molar-refractivity contribution >= 4 is 26.0 Å². The summed E-state index contributed by atoms with van der Waals surface area (Å²) in [6.07, 6.45) is 1.69. The first-order valence-electron chi connectivity index (χ1n) is 11.1. The van der Waals surface area contributed by atoms with Gasteiger partial charge in [-0.05, 0) is 43.0 Å². The first-order chi connectivity index (χ1) is 15.7. The first-order valence-corrected chi connectivity index (χ1v) is 14.0. The summed E-state index contributed by atoms with van der Waals surface area (Å²) in [4.78, 5) is 15.5. The molecule has 178 valence electrons. The lowest BCUT2D eigenvalue weighted by atomic mass is 9.98. The van der Waals surface area contributed by atoms with E-state index in [4.69, 9.17) is 0 Å². The molecule has 2 aromatic carbocycles. The number of piperazine rings is 1. The van der Waals surface area contributed by atoms with E-state index in [2.05, 4.69) is 6.92 Å². The molecular weight excluding hydrogens is 462 g/mol. The quantitative estimate of drug-likeness (QED) is 0.638. The Balaban J connectivity index is 1.67. The van der Waals surface area contributed by atoms with E-state index >= 15 is 0 Å². The SMILES string of the molecule is CC1CCN(C(=O)[C@H]2CN(S(=O)(=O)c3ccccc3)CCN2S(=O)(=O)c2ccccc2)CC1. The van der Waals surface area contributed by atoms with Crippen molar-refractivity contribution in [1.29, 1.82) is 0 Å². The van der Waals surface area contributed by atoms with Crippen LogP contribution >= 0.6 is 0 Å². The molecule has 0 spiro atoms. The van der Waals surface area contributed by atoms with E-state index in [1.54, 1.807) is 41.3 Å². The third-order valence-corrected chi connectivity index (χ3v) is 10.2. The number of carbonyl (C=O) groups is 1. The second-order valence-electron chi connectivity index (χ2n) is 8.63. The van der Waals surface area contributed by atoms with E-state index in [0.29, 0.717) is 19.0 Å². The molecule has 0 radical (unpaired) electrons. The van der Waals surface area contributed by atoms with E-state index < -0.39 is 26.1 Å². The maximum Gasteiger partial charge on any atom is 0.243 e. The average molecular weight is 492 g/mol. The standard InChI is InChI=1S/C23H29N3O5S2/c1-19-12-14-24(15-13-19)23(27)22-18-25(32(28,29)20-8-4-2-5-9-20)16-17-26(22)33(30,31)21-10-6-3-7-11-21/h2-11,19,22H,12-18H2,1H3/t22-/m1/s1. The number of piperidine rings is 1. The fourth-order valence-corrected chi connectivity index (χ4v) is 7.40. The lowest BCUT2D eigenvalue weighted by Gasteiger charge is -2.42. The van der Waals surface area contributed by atoms with Crippen molar-refractivity contribution < 1.29 is 21.6 Å². The van der Waals surface area contributed by atoms with Gasteiger partial charge in [-0.15, -0.1) is 0 Å². The third-order valence-electron chi connectivity index (χ3n) is 6.41. The Bertz CT molecular complexity index is 1180. The molecule has 0 N–H and O–H groups in total. The molecule has 2 fully saturated rings. The molecule has 2 saturated heterocycles. The maximum absolute atomic E-state index is 13.6. The molecule has 0 saturated carbocycles. The van der Waals surface area contributed by atoms with Crippen LogP contribution in [0.3, 0.4) is 0 Å². The van der Waals surface area contributed by atoms with Crippen molar-refractivity contribution in [1.82, 2.24) is 13.5 Å². The zero-order valence-corrected chi connectivity index (χ0v) is 20.2. The third kappa shape index (κ3) is 4.84. The topological polar surface area (TPSA) is 95.1 Å². The van der Waals surface area contributed by atoms with E-state index in [1.165, 1.54) is 32.9 Å². The monoisotopic (exact) mass is 491 g/mol. The summed E-state index contributed by atoms with van der Waals surface area (Å²) in [5, 5.41) is 0. The summed E-state index contributed by atoms with van der Waals surface area (Å²) in [7, 11) is -7.84. The van der Waals surface area contributed by atoms with Gasteiger partial charge in [-0.3, -0.25) is 4.79 Å². The summed E-state index contributed by atoms with van der Waals surface area (Å²) in [5.41, 5.74) is 0. The molecule has 0 aromatic heterocycles. The number of likely N-dealkylation sites (tertiary alicyclic amines) is 1. The highest BCUT2D eigenvalue weighted by Crippen LogP contribution is 2.27. The van der Waals surface area contributed by atoms with Crippen LogP contribution in [-0.2, 0) is 24.8 Å². The van der Waals surface area contributed by atoms with Gasteiger partial charge >= 0.3 is 0 Å². The molecule has 2 aliphatic rings. The smallest absolute Gasteiger partial charge is 0.243 e. The summed E-state index contributed by atoms with van der Waals surface area (Å²) in [6, 6.07) is 14.9. The van der Waals surface area contributed by atoms with Gasteiger partial charge in [-0.1, -0.05) is 43.3 Å². The predicted molar refractivity (Wildman–Crippen MR) is 124 cm³/mol. The Kier molecular flexibility index (Phi) is 6.90. The van der Waals surface area contributed by atoms with Gasteiger partial charge in [-0.2, -0.15) is 8.61 Å². The van der Waals surface area contributed by atoms with Crippen LogP contribution in [0.4, 0.5) is 0 Å². The van der Waals surface area contributed by atoms with Crippen molar-refractivity contribution in [2.75, 3.05) is 32.7 Å². The number of hydrogen-bond acceptors (Lipinski definition) is 5. The lowest BCUT2D eigenvalue weighted by molar-refractivity contribution is -0.137. The Labute approximate surface area is 195 Å². The van der Waals surface area contributed by atoms with Gasteiger partial charge < -0.3 is 4.90 Å². The average Bonchev–Trinajstić information content (AvgIpc) is 2.84. The maximum atomic E-state index is 13.6. The number of hydrogen-bond donors (Lipinski definition) is 0. The molecular formula is C23H29N3O5S2. The number of nitrogens with zero attached hydrogens (tertiary/aromatic N) is 3. The van der Waals surface area contributed by atoms with E-state index in [0.717, 1.165) is 12.8 Å². The van der Waals surface area contributed by atoms with Gasteiger partial charge in [0.2, 0.25) is 26.0 Å². The van der Waals surface area contributed by atoms with E-state index in [-0.39, 0.29) is 35.3 Å². The zero-order chi connectivity index (χ0) is 23.6. The molecule has 2 aliphatic heterocycles. The molecule has 8 nitrogen and oxygen atoms in total. The predicted octanol–water partition coefficient (Wildman–Crippen LogP) is 2.01. The van der Waals surface area contributed by atoms with Crippen LogP contribution in [-0.4, -0.2) is 75.0 Å². The fourth-order valence-electron chi connectivity index (χ4n) is 4.36. The molecule has 4 rings (SSSR count). The second-order valence-corrected chi connectivity index (χ2v) is 12.5. The van der Waals surface area contributed by atoms with Crippen molar-refractivity contribution in [3.63, 3.8) is 0 Å². The van der Waals surface area contributed by atoms with Crippen LogP contribution in [0.25, 0.3) is 0 Å². The second kappa shape index (κ2) is 9.54. The number of rotatable bonds is 5. The number of benzene rings is 2. The molecule has 2 heterocycles. The summed E-state index contributed by atoms with van der Waals surface area (Å²) in [5.74, 6) is 0.161. The molecule has 0 aliphatic carbocycles. The van der Waals surface area contributed by atoms with Gasteiger partial charge in [0.15, 0.2) is 0 Å². The molecule has 0 unspecified atom stereocenters. The van der Waals surface area contributed by atoms with Crippen molar-refractivity contribution in [2.24, 2.45) is 5.92 Å². The van der Waals surface area contributed by atoms with Gasteiger partial charge in [-0.25, -0.2) is 16.8 Å². The number of amides is 1. The lowest BCUT2D eigenvalue weighted by Crippen LogP contribution is -2.62. The van der Waals surface area contributed by atoms with Crippen LogP contribution in [0.5, 0.6) is 0 Å². The normalized spacial score (nSPS) is 21.7. The highest BCUT2D eigenvalue weighted by Gasteiger charge is 2.45. The van der Waals surface area contributed by atoms with Crippen molar-refractivity contribution in [3.8, 4) is 0 Å². The zero-order valence-electron chi connectivity index (χ0n) is 18.6. The Morgan fingerprint density at radius 2 is 1.27 bits per heavy atom. The Morgan fingerprint density at radius 3 is 1.82 bits per heavy atom. The highest BCUT2D eigenvalue weighted by molar-refractivity contribution is 7.89. The number of carbonyl (C=O) groups excluding carboxylic acids is 1. The minimum absolute atomic E-state index is 0.0237. The van der Waals surface area contributed by atoms with Crippen LogP contribution in [0.2, 0.25) is 0 Å². The minimum Gasteiger partial charge on any atom is -0.341 e. The molecule has 1 amide bonds. The van der Waals surface area contributed by atoms with E-state index in [9.17, 15) is 21.6 Å². The van der Waals surface area contributed by atoms with Crippen LogP contribution in [0.1, 0.15) is 19.8 Å². The van der Waals surface area contributed by atoms with Gasteiger partial charge in [0.05, 0.1) is 9.79 Å². The summed E-state index contributed by atoms with van der Waals surface area (Å²) >= 11 is 0. The van der Waals surface area contributed by atoms with Crippen LogP contribution < -0.4 is 0 Å². The highest BCUT2D eigenvalue weighted by atomic mass is 32.2. The Hall–Kier alpha value is -2.27. The molecule has 0 bridgehead atoms. The van der Waals surface area contributed by atoms with Crippen LogP contribution in [0.15, 0.2) is 70.5 Å². The summed E-state index contributed by atoms with van der Waals surface area (Å²) in [6.45, 7) is 2.88. The largest absolute Gasteiger partial charge is 0.341 e. The van der Waals surface area contributed by atoms with E-state index in [1.807, 2.05) is 0 Å². The minimum atomic E-state index is -3.97. The van der Waals surface area contributed by atoms with Crippen molar-refractivity contribution in [2.45, 2.75) is 35.6 Å². The molecule has 33 heavy (non-hydrogen) atoms. The van der Waals surface area contributed by atoms with Crippen LogP contribution in [0, 0.1) is 5.92 Å². The van der Waals surface area contributed by atoms with Gasteiger partial charge in [0.1, 0.15) is 6.04 Å². The Morgan fingerprint density at radius 1 is 0.758 bits per heavy atom. The number of sulfonamides is 2. The molecule has 2 aromatic rings. The molecule has 10 heteroatoms. The molecule has 1 atom stereocenters. The first kappa shape index (κ1) is 23.9.